The van der Waals surface area contributed by atoms with Crippen LogP contribution in [0.25, 0.3) is 10.8 Å². The Morgan fingerprint density at radius 3 is 2.60 bits per heavy atom. The zero-order valence-corrected chi connectivity index (χ0v) is 25.1. The topological polar surface area (TPSA) is 179 Å². The standard InChI is InChI=1S/C29H37N5O8S/c1-5-18-14-29(18,28(37)33-43(38,39)21-7-8-21)32-25(35)23-13-20(15-34(23)27(36)24(30)16(2)40-3)42-26-22-9-6-19(41-4)12-17(22)10-11-31-26/h5-6,9-12,16,18,20-21,23-24H,1,7-8,13-15,30H2,2-4H3,(H,32,35)(H,33,37)/t16-,18+,20+,23-,24-,29+/m0/s1. The zero-order valence-electron chi connectivity index (χ0n) is 24.3. The number of sulfonamides is 1. The smallest absolute Gasteiger partial charge is 0.259 e. The SMILES string of the molecule is C=C[C@@H]1C[C@]1(NC(=O)[C@@H]1C[C@@H](Oc2nccc3cc(OC)ccc23)CN1C(=O)[C@@H](N)[C@H](C)OC)C(=O)NS(=O)(=O)C1CC1. The number of pyridine rings is 1. The van der Waals surface area contributed by atoms with Gasteiger partial charge in [-0.05, 0) is 55.8 Å². The average molecular weight is 616 g/mol. The number of carbonyl (C=O) groups is 3. The summed E-state index contributed by atoms with van der Waals surface area (Å²) in [6.45, 7) is 5.40. The van der Waals surface area contributed by atoms with Gasteiger partial charge in [0.05, 0.1) is 25.0 Å². The van der Waals surface area contributed by atoms with Gasteiger partial charge < -0.3 is 30.2 Å². The molecule has 2 aromatic rings. The largest absolute Gasteiger partial charge is 0.497 e. The number of aromatic nitrogens is 1. The third-order valence-electron chi connectivity index (χ3n) is 8.47. The Hall–Kier alpha value is -3.75. The number of nitrogens with one attached hydrogen (secondary N) is 2. The van der Waals surface area contributed by atoms with Crippen LogP contribution in [0.4, 0.5) is 0 Å². The molecule has 0 bridgehead atoms. The number of amides is 3. The maximum Gasteiger partial charge on any atom is 0.259 e. The van der Waals surface area contributed by atoms with Crippen molar-refractivity contribution in [3.63, 3.8) is 0 Å². The summed E-state index contributed by atoms with van der Waals surface area (Å²) >= 11 is 0. The fourth-order valence-electron chi connectivity index (χ4n) is 5.44. The van der Waals surface area contributed by atoms with Gasteiger partial charge in [0.1, 0.15) is 29.5 Å². The van der Waals surface area contributed by atoms with Crippen LogP contribution in [-0.4, -0.2) is 91.9 Å². The lowest BCUT2D eigenvalue weighted by Crippen LogP contribution is -2.58. The maximum atomic E-state index is 13.8. The maximum absolute atomic E-state index is 13.8. The highest BCUT2D eigenvalue weighted by atomic mass is 32.2. The number of nitrogens with two attached hydrogens (primary N) is 1. The van der Waals surface area contributed by atoms with Gasteiger partial charge in [0.2, 0.25) is 27.7 Å². The summed E-state index contributed by atoms with van der Waals surface area (Å²) in [5.41, 5.74) is 4.70. The molecule has 1 saturated heterocycles. The number of fused-ring (bicyclic) bond motifs is 1. The molecule has 3 fully saturated rings. The number of carbonyl (C=O) groups excluding carboxylic acids is 3. The predicted octanol–water partition coefficient (Wildman–Crippen LogP) is 0.623. The molecule has 13 nitrogen and oxygen atoms in total. The normalized spacial score (nSPS) is 26.3. The van der Waals surface area contributed by atoms with E-state index in [1.807, 2.05) is 18.2 Å². The number of hydrogen-bond acceptors (Lipinski definition) is 10. The van der Waals surface area contributed by atoms with Crippen LogP contribution in [0.3, 0.4) is 0 Å². The number of benzene rings is 1. The fraction of sp³-hybridized carbons (Fsp3) is 0.517. The molecule has 232 valence electrons. The van der Waals surface area contributed by atoms with E-state index in [0.717, 1.165) is 10.8 Å². The first-order chi connectivity index (χ1) is 20.4. The Morgan fingerprint density at radius 2 is 1.98 bits per heavy atom. The van der Waals surface area contributed by atoms with E-state index in [0.29, 0.717) is 24.5 Å². The number of hydrogen-bond donors (Lipinski definition) is 3. The number of methoxy groups -OCH3 is 2. The Bertz CT molecular complexity index is 1550. The van der Waals surface area contributed by atoms with Crippen LogP contribution in [0.1, 0.15) is 32.6 Å². The van der Waals surface area contributed by atoms with Gasteiger partial charge in [-0.3, -0.25) is 19.1 Å². The van der Waals surface area contributed by atoms with Crippen molar-refractivity contribution in [3.05, 3.63) is 43.1 Å². The number of rotatable bonds is 12. The third kappa shape index (κ3) is 6.04. The lowest BCUT2D eigenvalue weighted by molar-refractivity contribution is -0.142. The van der Waals surface area contributed by atoms with E-state index in [2.05, 4.69) is 21.6 Å². The summed E-state index contributed by atoms with van der Waals surface area (Å²) in [5.74, 6) is -1.46. The highest BCUT2D eigenvalue weighted by Crippen LogP contribution is 2.45. The monoisotopic (exact) mass is 615 g/mol. The van der Waals surface area contributed by atoms with E-state index in [1.165, 1.54) is 18.1 Å². The van der Waals surface area contributed by atoms with E-state index >= 15 is 0 Å². The van der Waals surface area contributed by atoms with E-state index in [4.69, 9.17) is 19.9 Å². The molecular weight excluding hydrogens is 578 g/mol. The summed E-state index contributed by atoms with van der Waals surface area (Å²) < 4.78 is 43.9. The van der Waals surface area contributed by atoms with Crippen molar-refractivity contribution in [1.29, 1.82) is 0 Å². The van der Waals surface area contributed by atoms with Crippen molar-refractivity contribution in [1.82, 2.24) is 19.9 Å². The Morgan fingerprint density at radius 1 is 1.23 bits per heavy atom. The van der Waals surface area contributed by atoms with Crippen molar-refractivity contribution < 1.29 is 37.0 Å². The van der Waals surface area contributed by atoms with Gasteiger partial charge in [-0.25, -0.2) is 13.4 Å². The lowest BCUT2D eigenvalue weighted by atomic mass is 10.1. The first-order valence-corrected chi connectivity index (χ1v) is 15.7. The molecule has 6 atom stereocenters. The molecule has 3 aliphatic rings. The Labute approximate surface area is 250 Å². The quantitative estimate of drug-likeness (QED) is 0.287. The minimum atomic E-state index is -3.84. The molecule has 0 spiro atoms. The summed E-state index contributed by atoms with van der Waals surface area (Å²) in [4.78, 5) is 46.3. The molecule has 1 aromatic heterocycles. The first-order valence-electron chi connectivity index (χ1n) is 14.1. The van der Waals surface area contributed by atoms with Crippen LogP contribution >= 0.6 is 0 Å². The Balaban J connectivity index is 1.39. The van der Waals surface area contributed by atoms with Crippen LogP contribution in [0.15, 0.2) is 43.1 Å². The van der Waals surface area contributed by atoms with Gasteiger partial charge in [0, 0.05) is 31.0 Å². The second kappa shape index (κ2) is 11.7. The van der Waals surface area contributed by atoms with Crippen LogP contribution in [0.5, 0.6) is 11.6 Å². The molecule has 1 aromatic carbocycles. The van der Waals surface area contributed by atoms with Crippen LogP contribution in [-0.2, 0) is 29.1 Å². The van der Waals surface area contributed by atoms with Gasteiger partial charge in [0.25, 0.3) is 5.91 Å². The van der Waals surface area contributed by atoms with E-state index in [1.54, 1.807) is 26.3 Å². The summed E-state index contributed by atoms with van der Waals surface area (Å²) in [7, 11) is -0.842. The first kappa shape index (κ1) is 30.7. The van der Waals surface area contributed by atoms with Crippen molar-refractivity contribution in [2.24, 2.45) is 11.7 Å². The van der Waals surface area contributed by atoms with Crippen LogP contribution < -0.4 is 25.2 Å². The molecule has 1 aliphatic heterocycles. The van der Waals surface area contributed by atoms with E-state index in [-0.39, 0.29) is 19.4 Å². The van der Waals surface area contributed by atoms with Gasteiger partial charge in [-0.2, -0.15) is 0 Å². The Kier molecular flexibility index (Phi) is 8.38. The molecule has 5 rings (SSSR count). The molecule has 2 saturated carbocycles. The highest BCUT2D eigenvalue weighted by molar-refractivity contribution is 7.91. The second-order valence-corrected chi connectivity index (χ2v) is 13.3. The van der Waals surface area contributed by atoms with Crippen molar-refractivity contribution >= 4 is 38.5 Å². The van der Waals surface area contributed by atoms with Gasteiger partial charge in [-0.15, -0.1) is 6.58 Å². The minimum Gasteiger partial charge on any atom is -0.497 e. The molecule has 0 radical (unpaired) electrons. The van der Waals surface area contributed by atoms with Gasteiger partial charge >= 0.3 is 0 Å². The zero-order chi connectivity index (χ0) is 31.1. The fourth-order valence-corrected chi connectivity index (χ4v) is 6.80. The molecule has 2 heterocycles. The van der Waals surface area contributed by atoms with Crippen molar-refractivity contribution in [2.75, 3.05) is 20.8 Å². The molecule has 0 unspecified atom stereocenters. The number of ether oxygens (including phenoxy) is 3. The molecule has 43 heavy (non-hydrogen) atoms. The summed E-state index contributed by atoms with van der Waals surface area (Å²) in [6, 6.07) is 5.13. The lowest BCUT2D eigenvalue weighted by Gasteiger charge is -2.29. The average Bonchev–Trinajstić information content (AvgIpc) is 3.92. The second-order valence-electron chi connectivity index (χ2n) is 11.3. The molecule has 14 heteroatoms. The van der Waals surface area contributed by atoms with Gasteiger partial charge in [0.15, 0.2) is 0 Å². The van der Waals surface area contributed by atoms with Crippen LogP contribution in [0, 0.1) is 5.92 Å². The molecule has 3 amide bonds. The molecular formula is C29H37N5O8S. The van der Waals surface area contributed by atoms with E-state index < -0.39 is 68.7 Å². The minimum absolute atomic E-state index is 0.0232. The highest BCUT2D eigenvalue weighted by Gasteiger charge is 2.62. The van der Waals surface area contributed by atoms with Crippen LogP contribution in [0.2, 0.25) is 0 Å². The molecule has 2 aliphatic carbocycles. The number of likely N-dealkylation sites (tertiary alicyclic amines) is 1. The molecule has 4 N–H and O–H groups in total. The summed E-state index contributed by atoms with van der Waals surface area (Å²) in [5, 5.41) is 3.69. The predicted molar refractivity (Wildman–Crippen MR) is 157 cm³/mol. The van der Waals surface area contributed by atoms with E-state index in [9.17, 15) is 22.8 Å². The van der Waals surface area contributed by atoms with Crippen molar-refractivity contribution in [3.8, 4) is 11.6 Å². The summed E-state index contributed by atoms with van der Waals surface area (Å²) in [6.07, 6.45) is 3.04. The third-order valence-corrected chi connectivity index (χ3v) is 10.3. The number of nitrogens with zero attached hydrogens (tertiary/aromatic N) is 2. The van der Waals surface area contributed by atoms with Crippen molar-refractivity contribution in [2.45, 2.75) is 67.7 Å². The van der Waals surface area contributed by atoms with Gasteiger partial charge in [-0.1, -0.05) is 6.08 Å².